The van der Waals surface area contributed by atoms with Crippen molar-refractivity contribution in [1.82, 2.24) is 4.31 Å². The van der Waals surface area contributed by atoms with Gasteiger partial charge in [-0.3, -0.25) is 4.79 Å². The zero-order valence-electron chi connectivity index (χ0n) is 11.6. The largest absolute Gasteiger partial charge is 0.379 e. The molecule has 0 saturated carbocycles. The summed E-state index contributed by atoms with van der Waals surface area (Å²) in [5.74, 6) is 0. The number of morpholine rings is 1. The molecule has 22 heavy (non-hydrogen) atoms. The number of carbonyl (C=O) groups excluding carboxylic acids is 1. The van der Waals surface area contributed by atoms with E-state index in [1.807, 2.05) is 0 Å². The highest BCUT2D eigenvalue weighted by Gasteiger charge is 2.31. The Kier molecular flexibility index (Phi) is 3.26. The number of sulfonamides is 1. The van der Waals surface area contributed by atoms with Crippen LogP contribution in [0.1, 0.15) is 10.4 Å². The number of thioether (sulfide) groups is 1. The number of carbonyl (C=O) groups is 1. The van der Waals surface area contributed by atoms with Gasteiger partial charge in [0.05, 0.1) is 18.1 Å². The minimum atomic E-state index is -3.58. The van der Waals surface area contributed by atoms with Crippen LogP contribution in [0.2, 0.25) is 0 Å². The topological polar surface area (TPSA) is 63.7 Å². The van der Waals surface area contributed by atoms with Crippen LogP contribution in [-0.4, -0.2) is 44.1 Å². The molecule has 1 saturated heterocycles. The predicted octanol–water partition coefficient (Wildman–Crippen LogP) is 2.11. The van der Waals surface area contributed by atoms with E-state index >= 15 is 0 Å². The van der Waals surface area contributed by atoms with Gasteiger partial charge in [-0.15, -0.1) is 0 Å². The van der Waals surface area contributed by atoms with E-state index in [-0.39, 0.29) is 10.0 Å². The van der Waals surface area contributed by atoms with E-state index in [1.165, 1.54) is 4.31 Å². The zero-order valence-corrected chi connectivity index (χ0v) is 13.2. The molecule has 0 bridgehead atoms. The van der Waals surface area contributed by atoms with Crippen LogP contribution in [0.3, 0.4) is 0 Å². The number of benzene rings is 2. The lowest BCUT2D eigenvalue weighted by Crippen LogP contribution is -2.40. The third-order valence-electron chi connectivity index (χ3n) is 3.97. The van der Waals surface area contributed by atoms with Crippen LogP contribution in [0.5, 0.6) is 0 Å². The van der Waals surface area contributed by atoms with Gasteiger partial charge in [-0.05, 0) is 30.0 Å². The molecule has 5 nitrogen and oxygen atoms in total. The minimum absolute atomic E-state index is 0.0264. The molecular formula is C15H13NO4S2. The second-order valence-corrected chi connectivity index (χ2v) is 8.12. The molecule has 0 radical (unpaired) electrons. The third kappa shape index (κ3) is 2.00. The Balaban J connectivity index is 1.94. The van der Waals surface area contributed by atoms with Crippen molar-refractivity contribution in [2.45, 2.75) is 9.79 Å². The van der Waals surface area contributed by atoms with Crippen LogP contribution in [0.25, 0.3) is 10.8 Å². The lowest BCUT2D eigenvalue weighted by molar-refractivity contribution is 0.0730. The highest BCUT2D eigenvalue weighted by molar-refractivity contribution is 8.14. The number of nitrogens with zero attached hydrogens (tertiary/aromatic N) is 1. The molecular weight excluding hydrogens is 322 g/mol. The lowest BCUT2D eigenvalue weighted by atomic mass is 10.1. The van der Waals surface area contributed by atoms with Crippen LogP contribution in [-0.2, 0) is 14.8 Å². The van der Waals surface area contributed by atoms with E-state index < -0.39 is 10.0 Å². The van der Waals surface area contributed by atoms with E-state index in [4.69, 9.17) is 4.74 Å². The quantitative estimate of drug-likeness (QED) is 0.841. The Hall–Kier alpha value is -1.41. The van der Waals surface area contributed by atoms with Crippen LogP contribution in [0, 0.1) is 0 Å². The molecule has 4 rings (SSSR count). The van der Waals surface area contributed by atoms with E-state index in [2.05, 4.69) is 0 Å². The molecule has 1 fully saturated rings. The SMILES string of the molecule is O=C1Sc2ccc(S(=O)(=O)N3CCOCC3)c3cccc1c23. The van der Waals surface area contributed by atoms with Crippen molar-refractivity contribution in [2.75, 3.05) is 26.3 Å². The standard InChI is InChI=1S/C15H13NO4S2/c17-15-11-3-1-2-10-13(5-4-12(21-15)14(10)11)22(18,19)16-6-8-20-9-7-16/h1-5H,6-9H2. The first-order valence-corrected chi connectivity index (χ1v) is 9.20. The predicted molar refractivity (Wildman–Crippen MR) is 83.7 cm³/mol. The summed E-state index contributed by atoms with van der Waals surface area (Å²) < 4.78 is 32.5. The summed E-state index contributed by atoms with van der Waals surface area (Å²) in [6.07, 6.45) is 0. The van der Waals surface area contributed by atoms with Gasteiger partial charge in [0, 0.05) is 34.3 Å². The van der Waals surface area contributed by atoms with Crippen molar-refractivity contribution in [1.29, 1.82) is 0 Å². The molecule has 2 aromatic carbocycles. The van der Waals surface area contributed by atoms with Crippen LogP contribution < -0.4 is 0 Å². The monoisotopic (exact) mass is 335 g/mol. The number of ether oxygens (including phenoxy) is 1. The maximum absolute atomic E-state index is 12.9. The molecule has 2 aromatic rings. The van der Waals surface area contributed by atoms with Gasteiger partial charge in [0.2, 0.25) is 15.1 Å². The van der Waals surface area contributed by atoms with Crippen LogP contribution >= 0.6 is 11.8 Å². The van der Waals surface area contributed by atoms with Crippen molar-refractivity contribution in [3.05, 3.63) is 35.9 Å². The lowest BCUT2D eigenvalue weighted by Gasteiger charge is -2.26. The molecule has 2 aliphatic rings. The molecule has 0 aliphatic carbocycles. The summed E-state index contributed by atoms with van der Waals surface area (Å²) >= 11 is 1.16. The van der Waals surface area contributed by atoms with Crippen molar-refractivity contribution < 1.29 is 17.9 Å². The Morgan fingerprint density at radius 2 is 1.86 bits per heavy atom. The van der Waals surface area contributed by atoms with Gasteiger partial charge >= 0.3 is 0 Å². The summed E-state index contributed by atoms with van der Waals surface area (Å²) in [5, 5.41) is 1.35. The van der Waals surface area contributed by atoms with E-state index in [9.17, 15) is 13.2 Å². The molecule has 0 atom stereocenters. The summed E-state index contributed by atoms with van der Waals surface area (Å²) in [5.41, 5.74) is 0.594. The first kappa shape index (κ1) is 14.2. The Morgan fingerprint density at radius 1 is 1.09 bits per heavy atom. The van der Waals surface area contributed by atoms with Gasteiger partial charge in [-0.25, -0.2) is 8.42 Å². The van der Waals surface area contributed by atoms with Gasteiger partial charge in [0.1, 0.15) is 0 Å². The average Bonchev–Trinajstić information content (AvgIpc) is 2.87. The van der Waals surface area contributed by atoms with Gasteiger partial charge in [0.15, 0.2) is 0 Å². The molecule has 2 aliphatic heterocycles. The third-order valence-corrected chi connectivity index (χ3v) is 6.90. The minimum Gasteiger partial charge on any atom is -0.379 e. The first-order chi connectivity index (χ1) is 10.6. The second-order valence-electron chi connectivity index (χ2n) is 5.20. The first-order valence-electron chi connectivity index (χ1n) is 6.95. The summed E-state index contributed by atoms with van der Waals surface area (Å²) in [6, 6.07) is 8.60. The number of hydrogen-bond donors (Lipinski definition) is 0. The van der Waals surface area contributed by atoms with Gasteiger partial charge in [-0.2, -0.15) is 4.31 Å². The smallest absolute Gasteiger partial charge is 0.243 e. The molecule has 0 unspecified atom stereocenters. The number of hydrogen-bond acceptors (Lipinski definition) is 5. The Labute approximate surface area is 132 Å². The van der Waals surface area contributed by atoms with Gasteiger partial charge in [0.25, 0.3) is 0 Å². The normalized spacial score (nSPS) is 19.0. The maximum atomic E-state index is 12.9. The fourth-order valence-electron chi connectivity index (χ4n) is 2.91. The summed E-state index contributed by atoms with van der Waals surface area (Å²) in [7, 11) is -3.58. The highest BCUT2D eigenvalue weighted by atomic mass is 32.2. The van der Waals surface area contributed by atoms with E-state index in [0.29, 0.717) is 37.3 Å². The second kappa shape index (κ2) is 5.06. The Bertz CT molecular complexity index is 886. The van der Waals surface area contributed by atoms with Gasteiger partial charge in [-0.1, -0.05) is 12.1 Å². The van der Waals surface area contributed by atoms with Crippen LogP contribution in [0.15, 0.2) is 40.1 Å². The van der Waals surface area contributed by atoms with E-state index in [0.717, 1.165) is 22.0 Å². The Morgan fingerprint density at radius 3 is 2.64 bits per heavy atom. The molecule has 114 valence electrons. The molecule has 2 heterocycles. The fraction of sp³-hybridized carbons (Fsp3) is 0.267. The maximum Gasteiger partial charge on any atom is 0.243 e. The highest BCUT2D eigenvalue weighted by Crippen LogP contribution is 2.42. The van der Waals surface area contributed by atoms with Crippen molar-refractivity contribution in [3.8, 4) is 0 Å². The van der Waals surface area contributed by atoms with Crippen LogP contribution in [0.4, 0.5) is 0 Å². The van der Waals surface area contributed by atoms with Crippen molar-refractivity contribution in [3.63, 3.8) is 0 Å². The molecule has 0 amide bonds. The molecule has 0 aromatic heterocycles. The molecule has 7 heteroatoms. The number of rotatable bonds is 2. The molecule has 0 spiro atoms. The van der Waals surface area contributed by atoms with Crippen molar-refractivity contribution >= 4 is 37.7 Å². The van der Waals surface area contributed by atoms with E-state index in [1.54, 1.807) is 30.3 Å². The van der Waals surface area contributed by atoms with Crippen molar-refractivity contribution in [2.24, 2.45) is 0 Å². The van der Waals surface area contributed by atoms with Gasteiger partial charge < -0.3 is 4.74 Å². The fourth-order valence-corrected chi connectivity index (χ4v) is 5.44. The summed E-state index contributed by atoms with van der Waals surface area (Å²) in [6.45, 7) is 1.54. The summed E-state index contributed by atoms with van der Waals surface area (Å²) in [4.78, 5) is 13.1. The average molecular weight is 335 g/mol. The molecule has 0 N–H and O–H groups in total. The zero-order chi connectivity index (χ0) is 15.3.